The summed E-state index contributed by atoms with van der Waals surface area (Å²) in [5.74, 6) is 0. The Morgan fingerprint density at radius 1 is 0.781 bits per heavy atom. The molecule has 0 aliphatic carbocycles. The number of fused-ring (bicyclic) bond motifs is 2. The van der Waals surface area contributed by atoms with Crippen LogP contribution in [0.1, 0.15) is 5.56 Å². The van der Waals surface area contributed by atoms with Crippen LogP contribution in [0.25, 0.3) is 22.1 Å². The lowest BCUT2D eigenvalue weighted by Gasteiger charge is -2.22. The van der Waals surface area contributed by atoms with Crippen LogP contribution in [-0.4, -0.2) is 27.1 Å². The molecular formula is C27H29N5. The molecule has 0 spiro atoms. The van der Waals surface area contributed by atoms with Crippen LogP contribution in [0, 0.1) is 12.7 Å². The van der Waals surface area contributed by atoms with Gasteiger partial charge < -0.3 is 18.3 Å². The zero-order valence-electron chi connectivity index (χ0n) is 18.8. The van der Waals surface area contributed by atoms with E-state index < -0.39 is 0 Å². The van der Waals surface area contributed by atoms with Crippen LogP contribution in [0.4, 0.5) is 0 Å². The smallest absolute Gasteiger partial charge is 0.204 e. The van der Waals surface area contributed by atoms with Gasteiger partial charge in [0.05, 0.1) is 27.2 Å². The van der Waals surface area contributed by atoms with Gasteiger partial charge in [0.25, 0.3) is 0 Å². The van der Waals surface area contributed by atoms with E-state index in [4.69, 9.17) is 0 Å². The monoisotopic (exact) mass is 423 g/mol. The number of benzene rings is 3. The summed E-state index contributed by atoms with van der Waals surface area (Å²) in [6.07, 6.45) is 6.93. The number of imidazole rings is 2. The fourth-order valence-corrected chi connectivity index (χ4v) is 4.46. The third-order valence-electron chi connectivity index (χ3n) is 6.14. The molecule has 0 aliphatic rings. The molecule has 0 aliphatic heterocycles. The summed E-state index contributed by atoms with van der Waals surface area (Å²) < 4.78 is 8.64. The van der Waals surface area contributed by atoms with E-state index in [-0.39, 0.29) is 0 Å². The summed E-state index contributed by atoms with van der Waals surface area (Å²) in [5.41, 5.74) is 6.22. The van der Waals surface area contributed by atoms with E-state index in [9.17, 15) is 0 Å². The Morgan fingerprint density at radius 2 is 1.47 bits per heavy atom. The molecule has 162 valence electrons. The van der Waals surface area contributed by atoms with Crippen molar-refractivity contribution in [2.24, 2.45) is 14.1 Å². The van der Waals surface area contributed by atoms with Crippen molar-refractivity contribution in [3.8, 4) is 0 Å². The van der Waals surface area contributed by atoms with Crippen molar-refractivity contribution in [3.63, 3.8) is 0 Å². The molecule has 5 rings (SSSR count). The fraction of sp³-hybridized carbons (Fsp3) is 0.259. The highest BCUT2D eigenvalue weighted by atomic mass is 15.2. The van der Waals surface area contributed by atoms with E-state index in [0.29, 0.717) is 0 Å². The summed E-state index contributed by atoms with van der Waals surface area (Å²) in [5, 5.41) is 0. The molecule has 0 saturated carbocycles. The van der Waals surface area contributed by atoms with Crippen molar-refractivity contribution in [2.45, 2.75) is 19.6 Å². The second-order valence-corrected chi connectivity index (χ2v) is 8.36. The largest absolute Gasteiger partial charge is 0.347 e. The Hall–Kier alpha value is -3.44. The third kappa shape index (κ3) is 4.16. The molecule has 32 heavy (non-hydrogen) atoms. The number of hydrogen-bond acceptors (Lipinski definition) is 1. The van der Waals surface area contributed by atoms with Gasteiger partial charge in [-0.2, -0.15) is 0 Å². The zero-order valence-corrected chi connectivity index (χ0v) is 18.8. The molecule has 2 heterocycles. The molecular weight excluding hydrogens is 394 g/mol. The zero-order chi connectivity index (χ0) is 21.9. The molecule has 0 unspecified atom stereocenters. The Morgan fingerprint density at radius 3 is 2.28 bits per heavy atom. The van der Waals surface area contributed by atoms with Gasteiger partial charge in [-0.05, 0) is 5.56 Å². The summed E-state index contributed by atoms with van der Waals surface area (Å²) in [6.45, 7) is 4.64. The first kappa shape index (κ1) is 20.5. The van der Waals surface area contributed by atoms with Crippen molar-refractivity contribution < 1.29 is 9.13 Å². The fourth-order valence-electron chi connectivity index (χ4n) is 4.46. The van der Waals surface area contributed by atoms with E-state index in [1.807, 2.05) is 0 Å². The first-order valence-corrected chi connectivity index (χ1v) is 11.2. The number of hydrogen-bond donors (Lipinski definition) is 0. The Kier molecular flexibility index (Phi) is 5.73. The summed E-state index contributed by atoms with van der Waals surface area (Å²) >= 11 is 0. The van der Waals surface area contributed by atoms with Gasteiger partial charge in [-0.1, -0.05) is 78.9 Å². The van der Waals surface area contributed by atoms with E-state index in [1.54, 1.807) is 0 Å². The van der Waals surface area contributed by atoms with Gasteiger partial charge >= 0.3 is 0 Å². The highest BCUT2D eigenvalue weighted by Gasteiger charge is 2.11. The average molecular weight is 424 g/mol. The van der Waals surface area contributed by atoms with Gasteiger partial charge in [0.15, 0.2) is 0 Å². The van der Waals surface area contributed by atoms with Gasteiger partial charge in [0, 0.05) is 41.7 Å². The topological polar surface area (TPSA) is 20.9 Å². The van der Waals surface area contributed by atoms with Crippen molar-refractivity contribution in [1.82, 2.24) is 14.0 Å². The van der Waals surface area contributed by atoms with Crippen LogP contribution >= 0.6 is 0 Å². The van der Waals surface area contributed by atoms with Crippen LogP contribution in [-0.2, 0) is 33.7 Å². The minimum absolute atomic E-state index is 0.901. The number of para-hydroxylation sites is 4. The summed E-state index contributed by atoms with van der Waals surface area (Å²) in [4.78, 5) is 2.53. The summed E-state index contributed by atoms with van der Waals surface area (Å²) in [7, 11) is 4.13. The Balaban J connectivity index is 1.35. The predicted molar refractivity (Wildman–Crippen MR) is 126 cm³/mol. The van der Waals surface area contributed by atoms with Gasteiger partial charge in [0.1, 0.15) is 0 Å². The Labute approximate surface area is 189 Å². The minimum Gasteiger partial charge on any atom is -0.347 e. The second kappa shape index (κ2) is 8.97. The third-order valence-corrected chi connectivity index (χ3v) is 6.14. The highest BCUT2D eigenvalue weighted by molar-refractivity contribution is 5.71. The lowest BCUT2D eigenvalue weighted by Crippen LogP contribution is -2.41. The highest BCUT2D eigenvalue weighted by Crippen LogP contribution is 2.12. The van der Waals surface area contributed by atoms with E-state index in [1.165, 1.54) is 27.6 Å². The van der Waals surface area contributed by atoms with Crippen molar-refractivity contribution in [3.05, 3.63) is 97.1 Å². The Bertz CT molecular complexity index is 1250. The van der Waals surface area contributed by atoms with Crippen LogP contribution in [0.3, 0.4) is 0 Å². The molecule has 0 N–H and O–H groups in total. The quantitative estimate of drug-likeness (QED) is 0.278. The SMILES string of the molecule is Cn1[c-][n+](CCN(CCn2[c-][n+](C)c3ccccc32)Cc2ccccc2)c2ccccc21. The molecule has 0 radical (unpaired) electrons. The van der Waals surface area contributed by atoms with Gasteiger partial charge in [0.2, 0.25) is 12.7 Å². The van der Waals surface area contributed by atoms with Gasteiger partial charge in [-0.15, -0.1) is 0 Å². The maximum atomic E-state index is 3.47. The van der Waals surface area contributed by atoms with Crippen molar-refractivity contribution >= 4 is 22.1 Å². The summed E-state index contributed by atoms with van der Waals surface area (Å²) in [6, 6.07) is 27.8. The number of rotatable bonds is 8. The van der Waals surface area contributed by atoms with Crippen LogP contribution < -0.4 is 9.13 Å². The van der Waals surface area contributed by atoms with E-state index >= 15 is 0 Å². The molecule has 0 saturated heterocycles. The molecule has 5 heteroatoms. The molecule has 0 bridgehead atoms. The molecule has 5 aromatic rings. The molecule has 0 atom stereocenters. The normalized spacial score (nSPS) is 11.7. The van der Waals surface area contributed by atoms with Crippen LogP contribution in [0.15, 0.2) is 78.9 Å². The molecule has 3 aromatic carbocycles. The first-order valence-electron chi connectivity index (χ1n) is 11.2. The number of nitrogens with zero attached hydrogens (tertiary/aromatic N) is 5. The number of aromatic nitrogens is 4. The molecule has 0 amide bonds. The minimum atomic E-state index is 0.901. The lowest BCUT2D eigenvalue weighted by molar-refractivity contribution is -0.676. The van der Waals surface area contributed by atoms with Crippen molar-refractivity contribution in [2.75, 3.05) is 13.1 Å². The molecule has 5 nitrogen and oxygen atoms in total. The standard InChI is InChI=1S/C27H29N5/c1-28-21-31(26-14-8-6-12-24(26)28)18-16-30(20-23-10-4-3-5-11-23)17-19-32-22-29(2)25-13-7-9-15-27(25)32/h3-15H,16-20H2,1-2H3. The molecule has 0 fully saturated rings. The van der Waals surface area contributed by atoms with Gasteiger partial charge in [-0.3, -0.25) is 4.90 Å². The van der Waals surface area contributed by atoms with Crippen LogP contribution in [0.5, 0.6) is 0 Å². The van der Waals surface area contributed by atoms with E-state index in [2.05, 4.69) is 129 Å². The maximum Gasteiger partial charge on any atom is 0.204 e. The van der Waals surface area contributed by atoms with Crippen molar-refractivity contribution in [1.29, 1.82) is 0 Å². The van der Waals surface area contributed by atoms with E-state index in [0.717, 1.165) is 32.7 Å². The van der Waals surface area contributed by atoms with Gasteiger partial charge in [-0.25, -0.2) is 0 Å². The van der Waals surface area contributed by atoms with Crippen LogP contribution in [0.2, 0.25) is 0 Å². The second-order valence-electron chi connectivity index (χ2n) is 8.36. The predicted octanol–water partition coefficient (Wildman–Crippen LogP) is 3.05. The maximum absolute atomic E-state index is 3.47. The first-order chi connectivity index (χ1) is 15.7. The molecule has 2 aromatic heterocycles. The number of aryl methyl sites for hydroxylation is 2. The lowest BCUT2D eigenvalue weighted by atomic mass is 10.2. The average Bonchev–Trinajstić information content (AvgIpc) is 3.33.